The summed E-state index contributed by atoms with van der Waals surface area (Å²) in [7, 11) is 1.82. The van der Waals surface area contributed by atoms with Crippen molar-refractivity contribution in [1.82, 2.24) is 20.1 Å². The third kappa shape index (κ3) is 4.28. The van der Waals surface area contributed by atoms with Gasteiger partial charge in [0, 0.05) is 34.2 Å². The van der Waals surface area contributed by atoms with Crippen LogP contribution >= 0.6 is 27.3 Å². The van der Waals surface area contributed by atoms with E-state index in [1.54, 1.807) is 28.4 Å². The van der Waals surface area contributed by atoms with E-state index in [1.165, 1.54) is 17.4 Å². The predicted octanol–water partition coefficient (Wildman–Crippen LogP) is 4.96. The van der Waals surface area contributed by atoms with Crippen LogP contribution < -0.4 is 5.32 Å². The van der Waals surface area contributed by atoms with Crippen molar-refractivity contribution in [3.05, 3.63) is 93.4 Å². The van der Waals surface area contributed by atoms with E-state index in [0.717, 1.165) is 11.1 Å². The number of hydrogen-bond acceptors (Lipinski definition) is 4. The summed E-state index contributed by atoms with van der Waals surface area (Å²) in [4.78, 5) is 17.3. The molecule has 1 N–H and O–H groups in total. The maximum absolute atomic E-state index is 14.7. The lowest BCUT2D eigenvalue weighted by molar-refractivity contribution is 0.0938. The summed E-state index contributed by atoms with van der Waals surface area (Å²) in [6.45, 7) is 0. The molecule has 0 fully saturated rings. The van der Waals surface area contributed by atoms with Gasteiger partial charge in [0.05, 0.1) is 12.2 Å². The van der Waals surface area contributed by atoms with Gasteiger partial charge < -0.3 is 5.32 Å². The van der Waals surface area contributed by atoms with Crippen LogP contribution in [0.2, 0.25) is 0 Å². The zero-order chi connectivity index (χ0) is 20.4. The third-order valence-corrected chi connectivity index (χ3v) is 5.76. The van der Waals surface area contributed by atoms with Crippen molar-refractivity contribution < 1.29 is 9.18 Å². The number of nitrogens with one attached hydrogen (secondary N) is 1. The first kappa shape index (κ1) is 19.5. The van der Waals surface area contributed by atoms with Crippen LogP contribution in [0.25, 0.3) is 10.6 Å². The van der Waals surface area contributed by atoms with E-state index in [4.69, 9.17) is 0 Å². The lowest BCUT2D eigenvalue weighted by Gasteiger charge is -2.20. The highest BCUT2D eigenvalue weighted by Gasteiger charge is 2.22. The van der Waals surface area contributed by atoms with Gasteiger partial charge in [-0.05, 0) is 17.7 Å². The van der Waals surface area contributed by atoms with Crippen molar-refractivity contribution in [3.8, 4) is 10.6 Å². The number of carbonyl (C=O) groups excluding carboxylic acids is 1. The Bertz CT molecular complexity index is 1160. The molecule has 0 aliphatic carbocycles. The molecule has 1 atom stereocenters. The van der Waals surface area contributed by atoms with Crippen LogP contribution in [0, 0.1) is 5.82 Å². The lowest BCUT2D eigenvalue weighted by Crippen LogP contribution is -2.30. The highest BCUT2D eigenvalue weighted by Crippen LogP contribution is 2.28. The molecule has 1 amide bonds. The Morgan fingerprint density at radius 3 is 2.72 bits per heavy atom. The maximum Gasteiger partial charge on any atom is 0.271 e. The molecular formula is C21H16BrFN4OS. The first-order chi connectivity index (χ1) is 14.0. The van der Waals surface area contributed by atoms with Crippen molar-refractivity contribution in [1.29, 1.82) is 0 Å². The molecule has 4 aromatic rings. The molecule has 2 heterocycles. The number of amides is 1. The number of carbonyl (C=O) groups is 1. The molecule has 5 nitrogen and oxygen atoms in total. The summed E-state index contributed by atoms with van der Waals surface area (Å²) in [6, 6.07) is 13.5. The molecule has 0 aliphatic rings. The number of aromatic nitrogens is 3. The average Bonchev–Trinajstić information content (AvgIpc) is 3.36. The van der Waals surface area contributed by atoms with Crippen molar-refractivity contribution in [2.75, 3.05) is 0 Å². The summed E-state index contributed by atoms with van der Waals surface area (Å²) in [5, 5.41) is 9.45. The Morgan fingerprint density at radius 2 is 2.03 bits per heavy atom. The molecule has 0 bridgehead atoms. The quantitative estimate of drug-likeness (QED) is 0.448. The van der Waals surface area contributed by atoms with Crippen LogP contribution in [0.3, 0.4) is 0 Å². The number of hydrogen-bond donors (Lipinski definition) is 1. The minimum atomic E-state index is -0.639. The van der Waals surface area contributed by atoms with Gasteiger partial charge >= 0.3 is 0 Å². The van der Waals surface area contributed by atoms with Gasteiger partial charge in [-0.3, -0.25) is 9.48 Å². The molecule has 2 aromatic carbocycles. The van der Waals surface area contributed by atoms with Gasteiger partial charge in [-0.1, -0.05) is 52.3 Å². The van der Waals surface area contributed by atoms with Crippen LogP contribution in [-0.2, 0) is 7.05 Å². The van der Waals surface area contributed by atoms with Crippen LogP contribution in [-0.4, -0.2) is 20.7 Å². The first-order valence-corrected chi connectivity index (χ1v) is 10.4. The predicted molar refractivity (Wildman–Crippen MR) is 114 cm³/mol. The Labute approximate surface area is 179 Å². The second kappa shape index (κ2) is 8.26. The van der Waals surface area contributed by atoms with E-state index in [0.29, 0.717) is 15.0 Å². The number of aryl methyl sites for hydroxylation is 1. The second-order valence-electron chi connectivity index (χ2n) is 6.42. The van der Waals surface area contributed by atoms with Gasteiger partial charge in [-0.25, -0.2) is 9.37 Å². The molecule has 2 aromatic heterocycles. The van der Waals surface area contributed by atoms with E-state index in [1.807, 2.05) is 43.6 Å². The molecule has 0 radical (unpaired) electrons. The fraction of sp³-hybridized carbons (Fsp3) is 0.0952. The Hall–Kier alpha value is -2.84. The summed E-state index contributed by atoms with van der Waals surface area (Å²) < 4.78 is 17.0. The molecule has 146 valence electrons. The minimum Gasteiger partial charge on any atom is -0.340 e. The monoisotopic (exact) mass is 470 g/mol. The molecule has 0 spiro atoms. The average molecular weight is 471 g/mol. The fourth-order valence-electron chi connectivity index (χ4n) is 2.97. The maximum atomic E-state index is 14.7. The highest BCUT2D eigenvalue weighted by molar-refractivity contribution is 9.10. The molecule has 0 saturated carbocycles. The van der Waals surface area contributed by atoms with Crippen LogP contribution in [0.1, 0.15) is 27.7 Å². The summed E-state index contributed by atoms with van der Waals surface area (Å²) in [6.07, 6.45) is 3.54. The second-order valence-corrected chi connectivity index (χ2v) is 8.20. The Morgan fingerprint density at radius 1 is 1.24 bits per heavy atom. The van der Waals surface area contributed by atoms with Crippen molar-refractivity contribution >= 4 is 33.2 Å². The number of benzene rings is 2. The molecule has 0 aliphatic heterocycles. The van der Waals surface area contributed by atoms with E-state index >= 15 is 0 Å². The largest absolute Gasteiger partial charge is 0.340 e. The minimum absolute atomic E-state index is 0.285. The zero-order valence-corrected chi connectivity index (χ0v) is 17.7. The summed E-state index contributed by atoms with van der Waals surface area (Å²) in [5.41, 5.74) is 2.29. The summed E-state index contributed by atoms with van der Waals surface area (Å²) in [5.74, 6) is -0.768. The number of halogens is 2. The third-order valence-electron chi connectivity index (χ3n) is 4.37. The molecule has 0 saturated heterocycles. The van der Waals surface area contributed by atoms with E-state index in [2.05, 4.69) is 31.3 Å². The lowest BCUT2D eigenvalue weighted by atomic mass is 9.98. The van der Waals surface area contributed by atoms with Crippen molar-refractivity contribution in [2.45, 2.75) is 6.04 Å². The van der Waals surface area contributed by atoms with Gasteiger partial charge in [0.1, 0.15) is 16.5 Å². The smallest absolute Gasteiger partial charge is 0.271 e. The number of thiazole rings is 1. The van der Waals surface area contributed by atoms with Crippen LogP contribution in [0.15, 0.2) is 70.8 Å². The van der Waals surface area contributed by atoms with Gasteiger partial charge in [-0.2, -0.15) is 5.10 Å². The normalized spacial score (nSPS) is 12.0. The molecular weight excluding hydrogens is 455 g/mol. The topological polar surface area (TPSA) is 59.8 Å². The molecule has 4 rings (SSSR count). The molecule has 29 heavy (non-hydrogen) atoms. The highest BCUT2D eigenvalue weighted by atomic mass is 79.9. The molecule has 1 unspecified atom stereocenters. The number of nitrogens with zero attached hydrogens (tertiary/aromatic N) is 3. The van der Waals surface area contributed by atoms with Gasteiger partial charge in [-0.15, -0.1) is 11.3 Å². The zero-order valence-electron chi connectivity index (χ0n) is 15.3. The van der Waals surface area contributed by atoms with E-state index < -0.39 is 11.9 Å². The fourth-order valence-corrected chi connectivity index (χ4v) is 4.08. The number of rotatable bonds is 5. The van der Waals surface area contributed by atoms with Crippen molar-refractivity contribution in [2.24, 2.45) is 7.05 Å². The van der Waals surface area contributed by atoms with Crippen molar-refractivity contribution in [3.63, 3.8) is 0 Å². The van der Waals surface area contributed by atoms with Gasteiger partial charge in [0.25, 0.3) is 5.91 Å². The van der Waals surface area contributed by atoms with Gasteiger partial charge in [0.2, 0.25) is 0 Å². The molecule has 8 heteroatoms. The van der Waals surface area contributed by atoms with Crippen LogP contribution in [0.5, 0.6) is 0 Å². The first-order valence-electron chi connectivity index (χ1n) is 8.76. The summed E-state index contributed by atoms with van der Waals surface area (Å²) >= 11 is 4.64. The Kier molecular flexibility index (Phi) is 5.55. The van der Waals surface area contributed by atoms with E-state index in [9.17, 15) is 9.18 Å². The SMILES string of the molecule is Cn1cc(-c2nc(C(=O)NC(c3ccccc3)c3ccc(Br)cc3F)cs2)cn1. The van der Waals surface area contributed by atoms with Gasteiger partial charge in [0.15, 0.2) is 0 Å². The standard InChI is InChI=1S/C21H16BrFN4OS/c1-27-11-14(10-24-27)21-25-18(12-29-21)20(28)26-19(13-5-3-2-4-6-13)16-8-7-15(22)9-17(16)23/h2-12,19H,1H3,(H,26,28). The van der Waals surface area contributed by atoms with Crippen LogP contribution in [0.4, 0.5) is 4.39 Å². The van der Waals surface area contributed by atoms with E-state index in [-0.39, 0.29) is 11.6 Å². The Balaban J connectivity index is 1.64.